The molecule has 1 aliphatic carbocycles. The van der Waals surface area contributed by atoms with E-state index in [4.69, 9.17) is 0 Å². The minimum absolute atomic E-state index is 0.0638. The number of urea groups is 1. The van der Waals surface area contributed by atoms with E-state index in [-0.39, 0.29) is 23.9 Å². The van der Waals surface area contributed by atoms with Crippen LogP contribution >= 0.6 is 0 Å². The van der Waals surface area contributed by atoms with Crippen molar-refractivity contribution < 1.29 is 9.59 Å². The van der Waals surface area contributed by atoms with Crippen molar-refractivity contribution in [3.8, 4) is 0 Å². The van der Waals surface area contributed by atoms with E-state index in [2.05, 4.69) is 20.2 Å². The number of imidazole rings is 1. The van der Waals surface area contributed by atoms with Gasteiger partial charge >= 0.3 is 6.03 Å². The van der Waals surface area contributed by atoms with Crippen LogP contribution in [0.2, 0.25) is 0 Å². The van der Waals surface area contributed by atoms with Gasteiger partial charge in [0.25, 0.3) is 0 Å². The van der Waals surface area contributed by atoms with Gasteiger partial charge in [0.1, 0.15) is 0 Å². The molecule has 4 heterocycles. The zero-order valence-corrected chi connectivity index (χ0v) is 16.9. The monoisotopic (exact) mass is 397 g/mol. The van der Waals surface area contributed by atoms with Crippen molar-refractivity contribution in [3.63, 3.8) is 0 Å². The van der Waals surface area contributed by atoms with E-state index in [0.29, 0.717) is 31.5 Å². The highest BCUT2D eigenvalue weighted by Crippen LogP contribution is 2.52. The molecule has 9 heteroatoms. The van der Waals surface area contributed by atoms with Crippen LogP contribution in [-0.4, -0.2) is 81.9 Å². The van der Waals surface area contributed by atoms with Crippen molar-refractivity contribution in [2.45, 2.75) is 19.4 Å². The number of fused-ring (bicyclic) bond motifs is 2. The fourth-order valence-corrected chi connectivity index (χ4v) is 4.88. The van der Waals surface area contributed by atoms with Crippen LogP contribution in [0.1, 0.15) is 13.3 Å². The average molecular weight is 397 g/mol. The van der Waals surface area contributed by atoms with Gasteiger partial charge in [0.2, 0.25) is 5.91 Å². The SMILES string of the molecule is CCN(C)C(=O)N1C[C@@H]2C(C(=O)N[C@H]3CCN(c4nccn5ccnc45)C3)[C@@H]2C1. The molecule has 1 N–H and O–H groups in total. The minimum atomic E-state index is 0.0638. The van der Waals surface area contributed by atoms with Crippen LogP contribution in [0.5, 0.6) is 0 Å². The Kier molecular flexibility index (Phi) is 4.33. The number of piperidine rings is 1. The number of hydrogen-bond donors (Lipinski definition) is 1. The number of likely N-dealkylation sites (tertiary alicyclic amines) is 1. The van der Waals surface area contributed by atoms with Crippen LogP contribution in [0.15, 0.2) is 24.8 Å². The quantitative estimate of drug-likeness (QED) is 0.820. The van der Waals surface area contributed by atoms with Crippen molar-refractivity contribution in [1.82, 2.24) is 29.5 Å². The zero-order valence-electron chi connectivity index (χ0n) is 16.9. The van der Waals surface area contributed by atoms with Gasteiger partial charge in [-0.05, 0) is 25.2 Å². The molecule has 3 aliphatic rings. The number of rotatable bonds is 4. The smallest absolute Gasteiger partial charge is 0.319 e. The van der Waals surface area contributed by atoms with E-state index in [1.165, 1.54) is 0 Å². The predicted molar refractivity (Wildman–Crippen MR) is 107 cm³/mol. The van der Waals surface area contributed by atoms with Gasteiger partial charge in [-0.2, -0.15) is 0 Å². The Morgan fingerprint density at radius 2 is 1.90 bits per heavy atom. The molecule has 5 rings (SSSR count). The fraction of sp³-hybridized carbons (Fsp3) is 0.600. The number of amides is 3. The van der Waals surface area contributed by atoms with Gasteiger partial charge in [-0.15, -0.1) is 0 Å². The Morgan fingerprint density at radius 1 is 1.17 bits per heavy atom. The van der Waals surface area contributed by atoms with Crippen molar-refractivity contribution in [2.75, 3.05) is 44.7 Å². The Hall–Kier alpha value is -2.84. The molecular formula is C20H27N7O2. The summed E-state index contributed by atoms with van der Waals surface area (Å²) in [5.41, 5.74) is 0.845. The third kappa shape index (κ3) is 3.08. The number of anilines is 1. The van der Waals surface area contributed by atoms with Gasteiger partial charge in [0.05, 0.1) is 0 Å². The molecule has 0 aromatic carbocycles. The standard InChI is InChI=1S/C20H27N7O2/c1-3-24(2)20(29)27-11-14-15(12-27)16(14)19(28)23-13-4-7-26(10-13)18-17-21-5-8-25(17)9-6-22-18/h5-6,8-9,13-16H,3-4,7,10-12H2,1-2H3,(H,23,28)/t13-,14-,15+,16?/m0/s1. The first-order valence-corrected chi connectivity index (χ1v) is 10.4. The van der Waals surface area contributed by atoms with E-state index in [1.807, 2.05) is 35.7 Å². The second-order valence-electron chi connectivity index (χ2n) is 8.40. The number of hydrogen-bond acceptors (Lipinski definition) is 5. The number of nitrogens with zero attached hydrogens (tertiary/aromatic N) is 6. The molecule has 29 heavy (non-hydrogen) atoms. The van der Waals surface area contributed by atoms with Gasteiger partial charge in [-0.1, -0.05) is 0 Å². The van der Waals surface area contributed by atoms with E-state index in [9.17, 15) is 9.59 Å². The summed E-state index contributed by atoms with van der Waals surface area (Å²) in [6.45, 7) is 5.68. The predicted octanol–water partition coefficient (Wildman–Crippen LogP) is 0.674. The molecule has 1 saturated carbocycles. The highest BCUT2D eigenvalue weighted by molar-refractivity contribution is 5.84. The molecule has 4 atom stereocenters. The molecule has 3 fully saturated rings. The normalized spacial score (nSPS) is 27.9. The van der Waals surface area contributed by atoms with E-state index in [0.717, 1.165) is 31.0 Å². The van der Waals surface area contributed by atoms with E-state index >= 15 is 0 Å². The van der Waals surface area contributed by atoms with Crippen molar-refractivity contribution >= 4 is 23.4 Å². The molecule has 2 aromatic rings. The molecule has 3 amide bonds. The Balaban J connectivity index is 1.15. The molecule has 0 radical (unpaired) electrons. The molecule has 9 nitrogen and oxygen atoms in total. The lowest BCUT2D eigenvalue weighted by atomic mass is 10.2. The van der Waals surface area contributed by atoms with E-state index < -0.39 is 0 Å². The lowest BCUT2D eigenvalue weighted by Crippen LogP contribution is -2.43. The van der Waals surface area contributed by atoms with Gasteiger partial charge < -0.3 is 24.4 Å². The van der Waals surface area contributed by atoms with Crippen molar-refractivity contribution in [3.05, 3.63) is 24.8 Å². The summed E-state index contributed by atoms with van der Waals surface area (Å²) in [7, 11) is 1.82. The van der Waals surface area contributed by atoms with Gasteiger partial charge in [0, 0.05) is 76.5 Å². The van der Waals surface area contributed by atoms with Crippen molar-refractivity contribution in [1.29, 1.82) is 0 Å². The van der Waals surface area contributed by atoms with Gasteiger partial charge in [0.15, 0.2) is 11.5 Å². The van der Waals surface area contributed by atoms with Crippen LogP contribution in [0.4, 0.5) is 10.6 Å². The summed E-state index contributed by atoms with van der Waals surface area (Å²) in [6.07, 6.45) is 8.26. The summed E-state index contributed by atoms with van der Waals surface area (Å²) >= 11 is 0. The number of nitrogens with one attached hydrogen (secondary N) is 1. The Bertz CT molecular complexity index is 932. The van der Waals surface area contributed by atoms with Gasteiger partial charge in [-0.3, -0.25) is 4.79 Å². The highest BCUT2D eigenvalue weighted by Gasteiger charge is 2.60. The Labute approximate surface area is 169 Å². The molecule has 0 spiro atoms. The summed E-state index contributed by atoms with van der Waals surface area (Å²) < 4.78 is 1.96. The first-order chi connectivity index (χ1) is 14.1. The summed E-state index contributed by atoms with van der Waals surface area (Å²) in [5.74, 6) is 1.72. The number of carbonyl (C=O) groups excluding carboxylic acids is 2. The molecule has 2 saturated heterocycles. The maximum atomic E-state index is 12.8. The third-order valence-electron chi connectivity index (χ3n) is 6.70. The van der Waals surface area contributed by atoms with E-state index in [1.54, 1.807) is 17.3 Å². The largest absolute Gasteiger partial charge is 0.351 e. The van der Waals surface area contributed by atoms with Crippen molar-refractivity contribution in [2.24, 2.45) is 17.8 Å². The van der Waals surface area contributed by atoms with Crippen LogP contribution in [-0.2, 0) is 4.79 Å². The molecule has 0 bridgehead atoms. The lowest BCUT2D eigenvalue weighted by Gasteiger charge is -2.25. The average Bonchev–Trinajstić information content (AvgIpc) is 3.21. The Morgan fingerprint density at radius 3 is 2.62 bits per heavy atom. The summed E-state index contributed by atoms with van der Waals surface area (Å²) in [6, 6.07) is 0.204. The minimum Gasteiger partial charge on any atom is -0.351 e. The maximum absolute atomic E-state index is 12.8. The zero-order chi connectivity index (χ0) is 20.1. The molecule has 2 aromatic heterocycles. The van der Waals surface area contributed by atoms with Crippen LogP contribution in [0, 0.1) is 17.8 Å². The first kappa shape index (κ1) is 18.2. The van der Waals surface area contributed by atoms with Crippen LogP contribution in [0.25, 0.3) is 5.65 Å². The summed E-state index contributed by atoms with van der Waals surface area (Å²) in [4.78, 5) is 39.8. The highest BCUT2D eigenvalue weighted by atomic mass is 16.2. The third-order valence-corrected chi connectivity index (χ3v) is 6.70. The van der Waals surface area contributed by atoms with Crippen LogP contribution in [0.3, 0.4) is 0 Å². The second-order valence-corrected chi connectivity index (χ2v) is 8.40. The maximum Gasteiger partial charge on any atom is 0.319 e. The topological polar surface area (TPSA) is 86.1 Å². The number of carbonyl (C=O) groups is 2. The first-order valence-electron chi connectivity index (χ1n) is 10.4. The fourth-order valence-electron chi connectivity index (χ4n) is 4.88. The molecule has 1 unspecified atom stereocenters. The summed E-state index contributed by atoms with van der Waals surface area (Å²) in [5, 5.41) is 3.24. The molecule has 2 aliphatic heterocycles. The molecule has 154 valence electrons. The lowest BCUT2D eigenvalue weighted by molar-refractivity contribution is -0.123. The number of aromatic nitrogens is 3. The molecular weight excluding hydrogens is 370 g/mol. The van der Waals surface area contributed by atoms with Crippen LogP contribution < -0.4 is 10.2 Å². The second kappa shape index (κ2) is 6.89. The van der Waals surface area contributed by atoms with Gasteiger partial charge in [-0.25, -0.2) is 14.8 Å².